The molecule has 0 bridgehead atoms. The molecule has 0 spiro atoms. The minimum atomic E-state index is -0.0660. The highest BCUT2D eigenvalue weighted by Crippen LogP contribution is 2.28. The van der Waals surface area contributed by atoms with E-state index in [9.17, 15) is 9.90 Å². The van der Waals surface area contributed by atoms with Gasteiger partial charge in [-0.05, 0) is 30.7 Å². The normalized spacial score (nSPS) is 17.8. The van der Waals surface area contributed by atoms with E-state index in [4.69, 9.17) is 0 Å². The first-order chi connectivity index (χ1) is 13.7. The summed E-state index contributed by atoms with van der Waals surface area (Å²) in [7, 11) is 0. The Kier molecular flexibility index (Phi) is 4.36. The van der Waals surface area contributed by atoms with Gasteiger partial charge >= 0.3 is 5.69 Å². The number of imidazole rings is 1. The third-order valence-electron chi connectivity index (χ3n) is 6.17. The van der Waals surface area contributed by atoms with Crippen LogP contribution in [-0.4, -0.2) is 45.3 Å². The van der Waals surface area contributed by atoms with Crippen LogP contribution < -0.4 is 10.6 Å². The molecule has 3 aromatic rings. The lowest BCUT2D eigenvalue weighted by atomic mass is 10.1. The van der Waals surface area contributed by atoms with Gasteiger partial charge in [0, 0.05) is 43.8 Å². The highest BCUT2D eigenvalue weighted by molar-refractivity contribution is 5.94. The minimum absolute atomic E-state index is 0.0660. The Bertz CT molecular complexity index is 1050. The summed E-state index contributed by atoms with van der Waals surface area (Å²) in [5, 5.41) is 13.1. The van der Waals surface area contributed by atoms with Crippen molar-refractivity contribution in [2.45, 2.75) is 32.5 Å². The number of nitrogens with zero attached hydrogens (tertiary/aromatic N) is 4. The molecule has 1 N–H and O–H groups in total. The number of anilines is 1. The maximum absolute atomic E-state index is 12.7. The lowest BCUT2D eigenvalue weighted by molar-refractivity contribution is 0.193. The fourth-order valence-corrected chi connectivity index (χ4v) is 4.61. The maximum Gasteiger partial charge on any atom is 0.332 e. The summed E-state index contributed by atoms with van der Waals surface area (Å²) in [6.45, 7) is 4.76. The topological polar surface area (TPSA) is 53.6 Å². The van der Waals surface area contributed by atoms with Gasteiger partial charge in [0.25, 0.3) is 0 Å². The molecule has 0 amide bonds. The smallest absolute Gasteiger partial charge is 0.332 e. The molecule has 2 aliphatic rings. The van der Waals surface area contributed by atoms with Crippen LogP contribution in [0.3, 0.4) is 0 Å². The van der Waals surface area contributed by atoms with Crippen molar-refractivity contribution in [2.24, 2.45) is 0 Å². The Morgan fingerprint density at radius 1 is 0.893 bits per heavy atom. The first-order valence-electron chi connectivity index (χ1n) is 10.2. The van der Waals surface area contributed by atoms with Crippen molar-refractivity contribution in [1.82, 2.24) is 14.0 Å². The van der Waals surface area contributed by atoms with Crippen LogP contribution in [0, 0.1) is 0 Å². The highest BCUT2D eigenvalue weighted by atomic mass is 16.3. The van der Waals surface area contributed by atoms with Crippen LogP contribution in [0.4, 0.5) is 5.69 Å². The largest absolute Gasteiger partial charge is 0.493 e. The van der Waals surface area contributed by atoms with E-state index in [1.807, 2.05) is 0 Å². The van der Waals surface area contributed by atoms with E-state index >= 15 is 0 Å². The average Bonchev–Trinajstić information content (AvgIpc) is 2.99. The maximum atomic E-state index is 12.7. The highest BCUT2D eigenvalue weighted by Gasteiger charge is 2.25. The van der Waals surface area contributed by atoms with E-state index in [0.717, 1.165) is 57.7 Å². The zero-order valence-corrected chi connectivity index (χ0v) is 16.0. The van der Waals surface area contributed by atoms with Gasteiger partial charge in [-0.1, -0.05) is 36.4 Å². The monoisotopic (exact) mass is 378 g/mol. The summed E-state index contributed by atoms with van der Waals surface area (Å²) < 4.78 is 3.30. The van der Waals surface area contributed by atoms with Gasteiger partial charge in [-0.15, -0.1) is 0 Å². The standard InChI is InChI=1S/C22H26N4O2/c27-21-20-9-3-4-11-25(20)22(28)26(21)16-23-12-14-24(15-13-23)19-10-5-7-17-6-1-2-8-18(17)19/h1-2,5-8,10,27H,3-4,9,11-16H2. The first-order valence-corrected chi connectivity index (χ1v) is 10.2. The summed E-state index contributed by atoms with van der Waals surface area (Å²) in [6, 6.07) is 15.0. The molecule has 0 aliphatic carbocycles. The van der Waals surface area contributed by atoms with Crippen LogP contribution in [0.5, 0.6) is 5.88 Å². The third-order valence-corrected chi connectivity index (χ3v) is 6.17. The van der Waals surface area contributed by atoms with Crippen LogP contribution in [0.1, 0.15) is 18.5 Å². The zero-order valence-electron chi connectivity index (χ0n) is 16.0. The molecule has 3 heterocycles. The van der Waals surface area contributed by atoms with Crippen molar-refractivity contribution in [3.63, 3.8) is 0 Å². The second kappa shape index (κ2) is 7.02. The molecule has 2 aromatic carbocycles. The van der Waals surface area contributed by atoms with Gasteiger partial charge in [-0.25, -0.2) is 9.36 Å². The molecule has 28 heavy (non-hydrogen) atoms. The molecule has 0 radical (unpaired) electrons. The number of aromatic nitrogens is 2. The van der Waals surface area contributed by atoms with E-state index in [-0.39, 0.29) is 11.6 Å². The number of fused-ring (bicyclic) bond motifs is 2. The fourth-order valence-electron chi connectivity index (χ4n) is 4.61. The van der Waals surface area contributed by atoms with Gasteiger partial charge < -0.3 is 10.0 Å². The zero-order chi connectivity index (χ0) is 19.1. The van der Waals surface area contributed by atoms with Gasteiger partial charge in [0.2, 0.25) is 5.88 Å². The molecular weight excluding hydrogens is 352 g/mol. The number of hydrogen-bond acceptors (Lipinski definition) is 4. The van der Waals surface area contributed by atoms with E-state index < -0.39 is 0 Å². The average molecular weight is 378 g/mol. The molecule has 0 atom stereocenters. The van der Waals surface area contributed by atoms with Crippen molar-refractivity contribution in [2.75, 3.05) is 31.1 Å². The Labute approximate surface area is 164 Å². The number of hydrogen-bond donors (Lipinski definition) is 1. The summed E-state index contributed by atoms with van der Waals surface area (Å²) in [4.78, 5) is 17.4. The summed E-state index contributed by atoms with van der Waals surface area (Å²) in [5.41, 5.74) is 2.02. The second-order valence-electron chi connectivity index (χ2n) is 7.83. The molecule has 1 aromatic heterocycles. The lowest BCUT2D eigenvalue weighted by Gasteiger charge is -2.36. The van der Waals surface area contributed by atoms with Crippen LogP contribution in [0.2, 0.25) is 0 Å². The third kappa shape index (κ3) is 2.88. The first kappa shape index (κ1) is 17.4. The molecule has 6 heteroatoms. The van der Waals surface area contributed by atoms with Gasteiger partial charge in [-0.3, -0.25) is 9.47 Å². The van der Waals surface area contributed by atoms with Crippen LogP contribution in [-0.2, 0) is 19.6 Å². The van der Waals surface area contributed by atoms with Gasteiger partial charge in [0.15, 0.2) is 0 Å². The molecule has 6 nitrogen and oxygen atoms in total. The number of piperazine rings is 1. The predicted molar refractivity (Wildman–Crippen MR) is 111 cm³/mol. The lowest BCUT2D eigenvalue weighted by Crippen LogP contribution is -2.47. The number of aromatic hydroxyl groups is 1. The van der Waals surface area contributed by atoms with E-state index in [1.165, 1.54) is 16.5 Å². The fraction of sp³-hybridized carbons (Fsp3) is 0.409. The molecule has 1 saturated heterocycles. The Morgan fingerprint density at radius 2 is 1.68 bits per heavy atom. The van der Waals surface area contributed by atoms with Crippen LogP contribution in [0.15, 0.2) is 47.3 Å². The van der Waals surface area contributed by atoms with Gasteiger partial charge in [0.05, 0.1) is 12.4 Å². The van der Waals surface area contributed by atoms with Crippen molar-refractivity contribution >= 4 is 16.5 Å². The van der Waals surface area contributed by atoms with Crippen molar-refractivity contribution in [1.29, 1.82) is 0 Å². The molecule has 5 rings (SSSR count). The molecule has 1 fully saturated rings. The Balaban J connectivity index is 1.32. The summed E-state index contributed by atoms with van der Waals surface area (Å²) in [6.07, 6.45) is 2.85. The molecular formula is C22H26N4O2. The van der Waals surface area contributed by atoms with Gasteiger partial charge in [0.1, 0.15) is 0 Å². The number of benzene rings is 2. The Morgan fingerprint density at radius 3 is 2.50 bits per heavy atom. The predicted octanol–water partition coefficient (Wildman–Crippen LogP) is 2.62. The Hall–Kier alpha value is -2.73. The second-order valence-corrected chi connectivity index (χ2v) is 7.83. The van der Waals surface area contributed by atoms with Crippen molar-refractivity contribution in [3.8, 4) is 5.88 Å². The minimum Gasteiger partial charge on any atom is -0.493 e. The SMILES string of the molecule is O=c1n(CN2CCN(c3cccc4ccccc34)CC2)c(O)c2n1CCCC2. The van der Waals surface area contributed by atoms with E-state index in [0.29, 0.717) is 6.67 Å². The summed E-state index contributed by atoms with van der Waals surface area (Å²) >= 11 is 0. The van der Waals surface area contributed by atoms with E-state index in [2.05, 4.69) is 52.3 Å². The van der Waals surface area contributed by atoms with Crippen molar-refractivity contribution < 1.29 is 5.11 Å². The quantitative estimate of drug-likeness (QED) is 0.761. The van der Waals surface area contributed by atoms with Crippen LogP contribution >= 0.6 is 0 Å². The molecule has 0 saturated carbocycles. The summed E-state index contributed by atoms with van der Waals surface area (Å²) in [5.74, 6) is 0.168. The molecule has 0 unspecified atom stereocenters. The van der Waals surface area contributed by atoms with Crippen molar-refractivity contribution in [3.05, 3.63) is 58.6 Å². The molecule has 146 valence electrons. The molecule has 2 aliphatic heterocycles. The van der Waals surface area contributed by atoms with Gasteiger partial charge in [-0.2, -0.15) is 0 Å². The number of rotatable bonds is 3. The van der Waals surface area contributed by atoms with Crippen LogP contribution in [0.25, 0.3) is 10.8 Å². The van der Waals surface area contributed by atoms with E-state index in [1.54, 1.807) is 9.13 Å².